The molecule has 29 heavy (non-hydrogen) atoms. The zero-order valence-corrected chi connectivity index (χ0v) is 16.6. The number of para-hydroxylation sites is 2. The van der Waals surface area contributed by atoms with Gasteiger partial charge in [0, 0.05) is 39.3 Å². The zero-order chi connectivity index (χ0) is 20.2. The SMILES string of the molecule is CN(C(=O)Nc1ccccc1N1CCCC1=O)C1CCCN(c2cccnn2)C1. The molecule has 1 N–H and O–H groups in total. The van der Waals surface area contributed by atoms with Gasteiger partial charge in [-0.2, -0.15) is 5.10 Å². The minimum atomic E-state index is -0.171. The molecule has 0 spiro atoms. The smallest absolute Gasteiger partial charge is 0.321 e. The molecule has 8 heteroatoms. The van der Waals surface area contributed by atoms with Gasteiger partial charge in [-0.05, 0) is 43.5 Å². The van der Waals surface area contributed by atoms with Crippen molar-refractivity contribution in [2.45, 2.75) is 31.7 Å². The van der Waals surface area contributed by atoms with E-state index in [-0.39, 0.29) is 18.0 Å². The summed E-state index contributed by atoms with van der Waals surface area (Å²) in [6.45, 7) is 2.32. The predicted octanol–water partition coefficient (Wildman–Crippen LogP) is 2.74. The van der Waals surface area contributed by atoms with E-state index in [4.69, 9.17) is 0 Å². The Bertz CT molecular complexity index is 874. The van der Waals surface area contributed by atoms with E-state index in [2.05, 4.69) is 20.4 Å². The van der Waals surface area contributed by atoms with E-state index in [0.29, 0.717) is 18.7 Å². The molecule has 0 aliphatic carbocycles. The number of aromatic nitrogens is 2. The van der Waals surface area contributed by atoms with E-state index in [1.807, 2.05) is 43.4 Å². The molecule has 3 amide bonds. The number of amides is 3. The van der Waals surface area contributed by atoms with Crippen LogP contribution in [-0.2, 0) is 4.79 Å². The third kappa shape index (κ3) is 4.16. The lowest BCUT2D eigenvalue weighted by atomic mass is 10.0. The van der Waals surface area contributed by atoms with E-state index >= 15 is 0 Å². The molecular formula is C21H26N6O2. The Labute approximate surface area is 170 Å². The summed E-state index contributed by atoms with van der Waals surface area (Å²) in [6.07, 6.45) is 4.99. The van der Waals surface area contributed by atoms with Crippen molar-refractivity contribution in [1.82, 2.24) is 15.1 Å². The number of hydrogen-bond acceptors (Lipinski definition) is 5. The molecular weight excluding hydrogens is 368 g/mol. The molecule has 8 nitrogen and oxygen atoms in total. The number of nitrogens with zero attached hydrogens (tertiary/aromatic N) is 5. The molecule has 2 aliphatic rings. The number of anilines is 3. The van der Waals surface area contributed by atoms with Crippen molar-refractivity contribution in [1.29, 1.82) is 0 Å². The van der Waals surface area contributed by atoms with Crippen molar-refractivity contribution in [3.05, 3.63) is 42.6 Å². The minimum absolute atomic E-state index is 0.0753. The normalized spacial score (nSPS) is 19.3. The molecule has 152 valence electrons. The summed E-state index contributed by atoms with van der Waals surface area (Å²) in [5.74, 6) is 0.941. The fourth-order valence-corrected chi connectivity index (χ4v) is 4.03. The van der Waals surface area contributed by atoms with Gasteiger partial charge in [-0.1, -0.05) is 12.1 Å². The average Bonchev–Trinajstić information content (AvgIpc) is 3.20. The molecule has 1 atom stereocenters. The quantitative estimate of drug-likeness (QED) is 0.862. The van der Waals surface area contributed by atoms with Crippen LogP contribution < -0.4 is 15.1 Å². The van der Waals surface area contributed by atoms with Crippen LogP contribution in [0.1, 0.15) is 25.7 Å². The van der Waals surface area contributed by atoms with Crippen LogP contribution in [0.5, 0.6) is 0 Å². The van der Waals surface area contributed by atoms with E-state index in [1.54, 1.807) is 16.0 Å². The summed E-state index contributed by atoms with van der Waals surface area (Å²) in [6, 6.07) is 11.2. The summed E-state index contributed by atoms with van der Waals surface area (Å²) in [5, 5.41) is 11.2. The second-order valence-corrected chi connectivity index (χ2v) is 7.53. The number of rotatable bonds is 4. The van der Waals surface area contributed by atoms with Crippen LogP contribution >= 0.6 is 0 Å². The second-order valence-electron chi connectivity index (χ2n) is 7.53. The van der Waals surface area contributed by atoms with E-state index < -0.39 is 0 Å². The first-order valence-electron chi connectivity index (χ1n) is 10.1. The Morgan fingerprint density at radius 1 is 1.17 bits per heavy atom. The van der Waals surface area contributed by atoms with Gasteiger partial charge < -0.3 is 20.0 Å². The van der Waals surface area contributed by atoms with Gasteiger partial charge in [-0.15, -0.1) is 5.10 Å². The summed E-state index contributed by atoms with van der Waals surface area (Å²) in [5.41, 5.74) is 1.43. The third-order valence-electron chi connectivity index (χ3n) is 5.66. The van der Waals surface area contributed by atoms with Crippen molar-refractivity contribution in [3.8, 4) is 0 Å². The largest absolute Gasteiger partial charge is 0.353 e. The number of urea groups is 1. The van der Waals surface area contributed by atoms with Crippen LogP contribution in [0.25, 0.3) is 0 Å². The number of carbonyl (C=O) groups excluding carboxylic acids is 2. The number of piperidine rings is 1. The molecule has 2 fully saturated rings. The molecule has 1 aromatic heterocycles. The zero-order valence-electron chi connectivity index (χ0n) is 16.6. The maximum absolute atomic E-state index is 13.0. The van der Waals surface area contributed by atoms with Crippen LogP contribution in [0.2, 0.25) is 0 Å². The fraction of sp³-hybridized carbons (Fsp3) is 0.429. The van der Waals surface area contributed by atoms with Crippen molar-refractivity contribution in [3.63, 3.8) is 0 Å². The molecule has 4 rings (SSSR count). The van der Waals surface area contributed by atoms with Crippen LogP contribution in [0.3, 0.4) is 0 Å². The standard InChI is InChI=1S/C21H26N6O2/c1-25(16-7-5-13-26(15-16)19-10-4-12-22-24-19)21(29)23-17-8-2-3-9-18(17)27-14-6-11-20(27)28/h2-4,8-10,12,16H,5-7,11,13-15H2,1H3,(H,23,29). The highest BCUT2D eigenvalue weighted by Gasteiger charge is 2.28. The molecule has 0 bridgehead atoms. The van der Waals surface area contributed by atoms with Gasteiger partial charge in [0.25, 0.3) is 0 Å². The monoisotopic (exact) mass is 394 g/mol. The second kappa shape index (κ2) is 8.46. The summed E-state index contributed by atoms with van der Waals surface area (Å²) in [4.78, 5) is 30.8. The molecule has 2 saturated heterocycles. The number of carbonyl (C=O) groups is 2. The highest BCUT2D eigenvalue weighted by molar-refractivity contribution is 6.01. The molecule has 1 aromatic carbocycles. The number of benzene rings is 1. The Balaban J connectivity index is 1.44. The number of likely N-dealkylation sites (N-methyl/N-ethyl adjacent to an activating group) is 1. The first-order chi connectivity index (χ1) is 14.1. The van der Waals surface area contributed by atoms with Crippen LogP contribution in [0.15, 0.2) is 42.6 Å². The summed E-state index contributed by atoms with van der Waals surface area (Å²) < 4.78 is 0. The van der Waals surface area contributed by atoms with Gasteiger partial charge in [-0.3, -0.25) is 4.79 Å². The Morgan fingerprint density at radius 3 is 2.79 bits per heavy atom. The maximum atomic E-state index is 13.0. The van der Waals surface area contributed by atoms with Gasteiger partial charge in [0.2, 0.25) is 5.91 Å². The Kier molecular flexibility index (Phi) is 5.59. The van der Waals surface area contributed by atoms with Gasteiger partial charge >= 0.3 is 6.03 Å². The summed E-state index contributed by atoms with van der Waals surface area (Å²) >= 11 is 0. The van der Waals surface area contributed by atoms with Crippen molar-refractivity contribution >= 4 is 29.1 Å². The van der Waals surface area contributed by atoms with Crippen molar-refractivity contribution in [2.24, 2.45) is 0 Å². The average molecular weight is 394 g/mol. The lowest BCUT2D eigenvalue weighted by Crippen LogP contribution is -2.50. The van der Waals surface area contributed by atoms with Gasteiger partial charge in [0.15, 0.2) is 5.82 Å². The van der Waals surface area contributed by atoms with E-state index in [9.17, 15) is 9.59 Å². The first kappa shape index (κ1) is 19.2. The van der Waals surface area contributed by atoms with E-state index in [1.165, 1.54) is 0 Å². The minimum Gasteiger partial charge on any atom is -0.353 e. The lowest BCUT2D eigenvalue weighted by Gasteiger charge is -2.38. The third-order valence-corrected chi connectivity index (χ3v) is 5.66. The first-order valence-corrected chi connectivity index (χ1v) is 10.1. The highest BCUT2D eigenvalue weighted by Crippen LogP contribution is 2.30. The van der Waals surface area contributed by atoms with Gasteiger partial charge in [-0.25, -0.2) is 4.79 Å². The van der Waals surface area contributed by atoms with Crippen LogP contribution in [0.4, 0.5) is 22.0 Å². The molecule has 2 aliphatic heterocycles. The highest BCUT2D eigenvalue weighted by atomic mass is 16.2. The maximum Gasteiger partial charge on any atom is 0.321 e. The van der Waals surface area contributed by atoms with Crippen molar-refractivity contribution < 1.29 is 9.59 Å². The van der Waals surface area contributed by atoms with Crippen molar-refractivity contribution in [2.75, 3.05) is 41.8 Å². The van der Waals surface area contributed by atoms with Crippen LogP contribution in [0, 0.1) is 0 Å². The van der Waals surface area contributed by atoms with E-state index in [0.717, 1.165) is 43.9 Å². The number of nitrogens with one attached hydrogen (secondary N) is 1. The summed E-state index contributed by atoms with van der Waals surface area (Å²) in [7, 11) is 1.82. The molecule has 1 unspecified atom stereocenters. The molecule has 3 heterocycles. The Morgan fingerprint density at radius 2 is 2.03 bits per heavy atom. The predicted molar refractivity (Wildman–Crippen MR) is 112 cm³/mol. The topological polar surface area (TPSA) is 81.7 Å². The molecule has 2 aromatic rings. The number of hydrogen-bond donors (Lipinski definition) is 1. The lowest BCUT2D eigenvalue weighted by molar-refractivity contribution is -0.117. The molecule has 0 radical (unpaired) electrons. The van der Waals surface area contributed by atoms with Crippen LogP contribution in [-0.4, -0.2) is 59.8 Å². The van der Waals surface area contributed by atoms with Gasteiger partial charge in [0.1, 0.15) is 0 Å². The van der Waals surface area contributed by atoms with Gasteiger partial charge in [0.05, 0.1) is 17.4 Å². The fourth-order valence-electron chi connectivity index (χ4n) is 4.03. The molecule has 0 saturated carbocycles. The Hall–Kier alpha value is -3.16.